The standard InChI is InChI=1S/C10H17N7O3/c1-3-4-12-8(18)6-16(2)9-7(17(19)20)5-13-10(14-9)15-11/h5H,3-4,6,11H2,1-2H3,(H,12,18)(H,13,14,15). The fourth-order valence-corrected chi connectivity index (χ4v) is 1.46. The number of nitrogens with zero attached hydrogens (tertiary/aromatic N) is 4. The molecule has 0 saturated heterocycles. The van der Waals surface area contributed by atoms with Gasteiger partial charge in [0.2, 0.25) is 17.7 Å². The van der Waals surface area contributed by atoms with Crippen LogP contribution >= 0.6 is 0 Å². The summed E-state index contributed by atoms with van der Waals surface area (Å²) in [7, 11) is 1.53. The molecule has 1 heterocycles. The minimum atomic E-state index is -0.615. The normalized spacial score (nSPS) is 9.95. The number of carbonyl (C=O) groups excluding carboxylic acids is 1. The highest BCUT2D eigenvalue weighted by atomic mass is 16.6. The first-order valence-electron chi connectivity index (χ1n) is 5.95. The molecule has 1 rings (SSSR count). The average Bonchev–Trinajstić information content (AvgIpc) is 2.44. The van der Waals surface area contributed by atoms with E-state index in [1.165, 1.54) is 11.9 Å². The third-order valence-corrected chi connectivity index (χ3v) is 2.39. The summed E-state index contributed by atoms with van der Waals surface area (Å²) >= 11 is 0. The molecular weight excluding hydrogens is 266 g/mol. The van der Waals surface area contributed by atoms with Gasteiger partial charge in [0.25, 0.3) is 0 Å². The van der Waals surface area contributed by atoms with Crippen LogP contribution in [0.1, 0.15) is 13.3 Å². The Morgan fingerprint density at radius 1 is 1.60 bits per heavy atom. The Morgan fingerprint density at radius 3 is 2.85 bits per heavy atom. The molecule has 10 nitrogen and oxygen atoms in total. The summed E-state index contributed by atoms with van der Waals surface area (Å²) in [6, 6.07) is 0. The van der Waals surface area contributed by atoms with Crippen molar-refractivity contribution in [1.82, 2.24) is 15.3 Å². The number of nitro groups is 1. The van der Waals surface area contributed by atoms with Crippen LogP contribution < -0.4 is 21.5 Å². The molecule has 10 heteroatoms. The van der Waals surface area contributed by atoms with Crippen molar-refractivity contribution in [3.63, 3.8) is 0 Å². The summed E-state index contributed by atoms with van der Waals surface area (Å²) in [4.78, 5) is 30.9. The second-order valence-electron chi connectivity index (χ2n) is 4.01. The molecule has 0 aliphatic rings. The molecule has 0 aliphatic carbocycles. The molecule has 0 bridgehead atoms. The summed E-state index contributed by atoms with van der Waals surface area (Å²) in [5, 5.41) is 13.6. The third-order valence-electron chi connectivity index (χ3n) is 2.39. The smallest absolute Gasteiger partial charge is 0.329 e. The van der Waals surface area contributed by atoms with E-state index in [0.29, 0.717) is 6.54 Å². The number of carbonyl (C=O) groups is 1. The van der Waals surface area contributed by atoms with Gasteiger partial charge in [0.05, 0.1) is 11.5 Å². The lowest BCUT2D eigenvalue weighted by atomic mass is 10.4. The number of hydrazine groups is 1. The first kappa shape index (κ1) is 15.6. The van der Waals surface area contributed by atoms with Crippen molar-refractivity contribution >= 4 is 23.4 Å². The minimum Gasteiger partial charge on any atom is -0.355 e. The first-order valence-corrected chi connectivity index (χ1v) is 5.95. The van der Waals surface area contributed by atoms with Crippen LogP contribution in [0.5, 0.6) is 0 Å². The molecule has 0 saturated carbocycles. The second kappa shape index (κ2) is 7.19. The number of likely N-dealkylation sites (N-methyl/N-ethyl adjacent to an activating group) is 1. The van der Waals surface area contributed by atoms with Crippen molar-refractivity contribution in [3.05, 3.63) is 16.3 Å². The summed E-state index contributed by atoms with van der Waals surface area (Å²) in [5.41, 5.74) is 1.91. The zero-order chi connectivity index (χ0) is 15.1. The molecule has 1 amide bonds. The first-order chi connectivity index (χ1) is 9.49. The Morgan fingerprint density at radius 2 is 2.30 bits per heavy atom. The highest BCUT2D eigenvalue weighted by Crippen LogP contribution is 2.24. The molecule has 4 N–H and O–H groups in total. The molecule has 0 atom stereocenters. The van der Waals surface area contributed by atoms with E-state index >= 15 is 0 Å². The lowest BCUT2D eigenvalue weighted by Crippen LogP contribution is -2.36. The molecule has 1 aromatic rings. The number of hydrogen-bond donors (Lipinski definition) is 3. The van der Waals surface area contributed by atoms with Crippen LogP contribution in [0, 0.1) is 10.1 Å². The van der Waals surface area contributed by atoms with Crippen LogP contribution in [-0.4, -0.2) is 40.9 Å². The van der Waals surface area contributed by atoms with Gasteiger partial charge in [0, 0.05) is 13.6 Å². The quantitative estimate of drug-likeness (QED) is 0.350. The molecule has 110 valence electrons. The van der Waals surface area contributed by atoms with Crippen molar-refractivity contribution < 1.29 is 9.72 Å². The predicted molar refractivity (Wildman–Crippen MR) is 73.1 cm³/mol. The van der Waals surface area contributed by atoms with Crippen molar-refractivity contribution in [1.29, 1.82) is 0 Å². The Balaban J connectivity index is 2.92. The van der Waals surface area contributed by atoms with Gasteiger partial charge in [0.1, 0.15) is 6.20 Å². The zero-order valence-corrected chi connectivity index (χ0v) is 11.3. The van der Waals surface area contributed by atoms with Crippen LogP contribution in [0.25, 0.3) is 0 Å². The maximum absolute atomic E-state index is 11.6. The highest BCUT2D eigenvalue weighted by molar-refractivity contribution is 5.81. The largest absolute Gasteiger partial charge is 0.355 e. The van der Waals surface area contributed by atoms with Crippen LogP contribution in [0.4, 0.5) is 17.5 Å². The SMILES string of the molecule is CCCNC(=O)CN(C)c1nc(NN)ncc1[N+](=O)[O-]. The maximum atomic E-state index is 11.6. The zero-order valence-electron chi connectivity index (χ0n) is 11.3. The topological polar surface area (TPSA) is 139 Å². The number of amides is 1. The minimum absolute atomic E-state index is 0.0181. The van der Waals surface area contributed by atoms with E-state index in [1.54, 1.807) is 0 Å². The van der Waals surface area contributed by atoms with E-state index in [4.69, 9.17) is 5.84 Å². The van der Waals surface area contributed by atoms with Gasteiger partial charge in [0.15, 0.2) is 0 Å². The molecule has 0 fully saturated rings. The lowest BCUT2D eigenvalue weighted by Gasteiger charge is -2.17. The number of rotatable bonds is 7. The van der Waals surface area contributed by atoms with E-state index in [0.717, 1.165) is 12.6 Å². The molecule has 0 aliphatic heterocycles. The summed E-state index contributed by atoms with van der Waals surface area (Å²) in [6.45, 7) is 2.43. The summed E-state index contributed by atoms with van der Waals surface area (Å²) < 4.78 is 0. The fraction of sp³-hybridized carbons (Fsp3) is 0.500. The van der Waals surface area contributed by atoms with Crippen molar-refractivity contribution in [2.24, 2.45) is 5.84 Å². The van der Waals surface area contributed by atoms with Gasteiger partial charge in [-0.3, -0.25) is 20.3 Å². The van der Waals surface area contributed by atoms with Crippen LogP contribution in [0.15, 0.2) is 6.20 Å². The molecule has 0 unspecified atom stereocenters. The van der Waals surface area contributed by atoms with Gasteiger partial charge in [-0.05, 0) is 6.42 Å². The van der Waals surface area contributed by atoms with Crippen LogP contribution in [0.3, 0.4) is 0 Å². The monoisotopic (exact) mass is 283 g/mol. The molecule has 20 heavy (non-hydrogen) atoms. The molecular formula is C10H17N7O3. The van der Waals surface area contributed by atoms with E-state index in [1.807, 2.05) is 6.92 Å². The maximum Gasteiger partial charge on any atom is 0.329 e. The number of nitrogens with one attached hydrogen (secondary N) is 2. The lowest BCUT2D eigenvalue weighted by molar-refractivity contribution is -0.384. The summed E-state index contributed by atoms with van der Waals surface area (Å²) in [5.74, 6) is 4.98. The molecule has 0 aromatic carbocycles. The number of anilines is 2. The Bertz CT molecular complexity index is 494. The predicted octanol–water partition coefficient (Wildman–Crippen LogP) is -0.367. The van der Waals surface area contributed by atoms with Gasteiger partial charge >= 0.3 is 5.69 Å². The van der Waals surface area contributed by atoms with Gasteiger partial charge in [-0.15, -0.1) is 0 Å². The fourth-order valence-electron chi connectivity index (χ4n) is 1.46. The van der Waals surface area contributed by atoms with E-state index in [2.05, 4.69) is 20.7 Å². The van der Waals surface area contributed by atoms with Gasteiger partial charge in [-0.1, -0.05) is 6.92 Å². The number of nitrogens with two attached hydrogens (primary N) is 1. The van der Waals surface area contributed by atoms with E-state index < -0.39 is 4.92 Å². The van der Waals surface area contributed by atoms with Crippen LogP contribution in [0.2, 0.25) is 0 Å². The van der Waals surface area contributed by atoms with Gasteiger partial charge < -0.3 is 10.2 Å². The third kappa shape index (κ3) is 4.02. The second-order valence-corrected chi connectivity index (χ2v) is 4.01. The Kier molecular flexibility index (Phi) is 5.59. The van der Waals surface area contributed by atoms with E-state index in [9.17, 15) is 14.9 Å². The van der Waals surface area contributed by atoms with Gasteiger partial charge in [-0.2, -0.15) is 4.98 Å². The molecule has 0 spiro atoms. The Labute approximate surface area is 115 Å². The van der Waals surface area contributed by atoms with E-state index in [-0.39, 0.29) is 29.9 Å². The average molecular weight is 283 g/mol. The number of nitrogen functional groups attached to an aromatic ring is 1. The number of aromatic nitrogens is 2. The van der Waals surface area contributed by atoms with Crippen molar-refractivity contribution in [2.75, 3.05) is 30.5 Å². The molecule has 0 radical (unpaired) electrons. The highest BCUT2D eigenvalue weighted by Gasteiger charge is 2.22. The Hall–Kier alpha value is -2.49. The van der Waals surface area contributed by atoms with Gasteiger partial charge in [-0.25, -0.2) is 10.8 Å². The number of hydrogen-bond acceptors (Lipinski definition) is 8. The molecule has 1 aromatic heterocycles. The van der Waals surface area contributed by atoms with Crippen LogP contribution in [-0.2, 0) is 4.79 Å². The van der Waals surface area contributed by atoms with Crippen molar-refractivity contribution in [2.45, 2.75) is 13.3 Å². The van der Waals surface area contributed by atoms with Crippen molar-refractivity contribution in [3.8, 4) is 0 Å². The summed E-state index contributed by atoms with van der Waals surface area (Å²) in [6.07, 6.45) is 1.85.